The van der Waals surface area contributed by atoms with E-state index < -0.39 is 0 Å². The average Bonchev–Trinajstić information content (AvgIpc) is 3.12. The number of carbonyl (C=O) groups excluding carboxylic acids is 1. The predicted octanol–water partition coefficient (Wildman–Crippen LogP) is 2.21. The summed E-state index contributed by atoms with van der Waals surface area (Å²) in [5.41, 5.74) is 1.37. The van der Waals surface area contributed by atoms with Gasteiger partial charge in [-0.25, -0.2) is 9.97 Å². The number of anilines is 1. The lowest BCUT2D eigenvalue weighted by Crippen LogP contribution is -2.18. The Morgan fingerprint density at radius 1 is 1.47 bits per heavy atom. The third-order valence-electron chi connectivity index (χ3n) is 3.07. The lowest BCUT2D eigenvalue weighted by molar-refractivity contribution is 0.102. The zero-order chi connectivity index (χ0) is 13.1. The van der Waals surface area contributed by atoms with Crippen molar-refractivity contribution in [2.75, 3.05) is 11.9 Å². The fraction of sp³-hybridized carbons (Fsp3) is 0.308. The van der Waals surface area contributed by atoms with Crippen LogP contribution in [0.25, 0.3) is 0 Å². The Morgan fingerprint density at radius 3 is 3.16 bits per heavy atom. The number of thiazole rings is 1. The smallest absolute Gasteiger partial charge is 0.276 e. The van der Waals surface area contributed by atoms with Crippen LogP contribution in [-0.2, 0) is 0 Å². The lowest BCUT2D eigenvalue weighted by Gasteiger charge is -2.10. The minimum Gasteiger partial charge on any atom is -0.309 e. The summed E-state index contributed by atoms with van der Waals surface area (Å²) in [4.78, 5) is 20.5. The second kappa shape index (κ2) is 5.46. The molecular formula is C13H14N4OS. The Labute approximate surface area is 115 Å². The number of hydrogen-bond acceptors (Lipinski definition) is 5. The van der Waals surface area contributed by atoms with Crippen LogP contribution in [0.1, 0.15) is 35.1 Å². The molecule has 0 radical (unpaired) electrons. The standard InChI is InChI=1S/C13H14N4OS/c18-12(17-13-15-7-8-19-13)11-4-1-3-10(16-11)9-5-2-6-14-9/h1,3-4,7-9,14H,2,5-6H2,(H,15,17,18). The van der Waals surface area contributed by atoms with Crippen LogP contribution >= 0.6 is 11.3 Å². The minimum atomic E-state index is -0.213. The molecule has 1 aliphatic heterocycles. The maximum atomic E-state index is 12.1. The maximum absolute atomic E-state index is 12.1. The Bertz CT molecular complexity index is 564. The molecule has 2 aromatic rings. The molecule has 0 saturated carbocycles. The van der Waals surface area contributed by atoms with Gasteiger partial charge in [0, 0.05) is 17.6 Å². The normalized spacial score (nSPS) is 18.4. The van der Waals surface area contributed by atoms with E-state index in [1.807, 2.05) is 17.5 Å². The molecule has 1 aliphatic rings. The SMILES string of the molecule is O=C(Nc1nccs1)c1cccc(C2CCCN2)n1. The van der Waals surface area contributed by atoms with E-state index in [1.54, 1.807) is 12.3 Å². The Hall–Kier alpha value is -1.79. The highest BCUT2D eigenvalue weighted by atomic mass is 32.1. The first-order valence-corrected chi connectivity index (χ1v) is 7.12. The van der Waals surface area contributed by atoms with Crippen LogP contribution in [0.3, 0.4) is 0 Å². The second-order valence-corrected chi connectivity index (χ2v) is 5.28. The monoisotopic (exact) mass is 274 g/mol. The number of rotatable bonds is 3. The summed E-state index contributed by atoms with van der Waals surface area (Å²) in [6.07, 6.45) is 3.89. The van der Waals surface area contributed by atoms with Gasteiger partial charge in [0.25, 0.3) is 5.91 Å². The molecule has 0 aromatic carbocycles. The van der Waals surface area contributed by atoms with E-state index in [9.17, 15) is 4.79 Å². The van der Waals surface area contributed by atoms with Gasteiger partial charge in [-0.15, -0.1) is 11.3 Å². The molecule has 0 aliphatic carbocycles. The van der Waals surface area contributed by atoms with Gasteiger partial charge in [-0.05, 0) is 31.5 Å². The maximum Gasteiger partial charge on any atom is 0.276 e. The van der Waals surface area contributed by atoms with Crippen LogP contribution in [0.15, 0.2) is 29.8 Å². The van der Waals surface area contributed by atoms with Crippen LogP contribution in [0, 0.1) is 0 Å². The number of amides is 1. The molecule has 2 aromatic heterocycles. The van der Waals surface area contributed by atoms with Gasteiger partial charge in [-0.3, -0.25) is 10.1 Å². The van der Waals surface area contributed by atoms with Gasteiger partial charge in [-0.1, -0.05) is 6.07 Å². The molecule has 1 amide bonds. The first-order chi connectivity index (χ1) is 9.33. The molecule has 5 nitrogen and oxygen atoms in total. The van der Waals surface area contributed by atoms with Crippen molar-refractivity contribution in [1.82, 2.24) is 15.3 Å². The predicted molar refractivity (Wildman–Crippen MR) is 74.3 cm³/mol. The molecule has 6 heteroatoms. The lowest BCUT2D eigenvalue weighted by atomic mass is 10.1. The summed E-state index contributed by atoms with van der Waals surface area (Å²) in [5.74, 6) is -0.213. The van der Waals surface area contributed by atoms with E-state index in [-0.39, 0.29) is 11.9 Å². The Kier molecular flexibility index (Phi) is 3.52. The van der Waals surface area contributed by atoms with Crippen molar-refractivity contribution in [3.8, 4) is 0 Å². The topological polar surface area (TPSA) is 66.9 Å². The van der Waals surface area contributed by atoms with Gasteiger partial charge in [-0.2, -0.15) is 0 Å². The molecule has 1 unspecified atom stereocenters. The van der Waals surface area contributed by atoms with Gasteiger partial charge in [0.15, 0.2) is 5.13 Å². The van der Waals surface area contributed by atoms with E-state index in [1.165, 1.54) is 11.3 Å². The molecule has 1 saturated heterocycles. The molecule has 0 bridgehead atoms. The molecule has 3 heterocycles. The van der Waals surface area contributed by atoms with Crippen molar-refractivity contribution < 1.29 is 4.79 Å². The van der Waals surface area contributed by atoms with E-state index in [0.29, 0.717) is 10.8 Å². The molecule has 98 valence electrons. The molecular weight excluding hydrogens is 260 g/mol. The van der Waals surface area contributed by atoms with E-state index >= 15 is 0 Å². The van der Waals surface area contributed by atoms with E-state index in [4.69, 9.17) is 0 Å². The van der Waals surface area contributed by atoms with Crippen molar-refractivity contribution in [3.05, 3.63) is 41.2 Å². The molecule has 19 heavy (non-hydrogen) atoms. The summed E-state index contributed by atoms with van der Waals surface area (Å²) in [6, 6.07) is 5.83. The van der Waals surface area contributed by atoms with Crippen LogP contribution in [-0.4, -0.2) is 22.4 Å². The summed E-state index contributed by atoms with van der Waals surface area (Å²) in [7, 11) is 0. The number of pyridine rings is 1. The summed E-state index contributed by atoms with van der Waals surface area (Å²) >= 11 is 1.39. The van der Waals surface area contributed by atoms with Crippen molar-refractivity contribution in [3.63, 3.8) is 0 Å². The summed E-state index contributed by atoms with van der Waals surface area (Å²) in [6.45, 7) is 1.02. The highest BCUT2D eigenvalue weighted by Gasteiger charge is 2.18. The minimum absolute atomic E-state index is 0.213. The highest BCUT2D eigenvalue weighted by Crippen LogP contribution is 2.21. The highest BCUT2D eigenvalue weighted by molar-refractivity contribution is 7.13. The van der Waals surface area contributed by atoms with Gasteiger partial charge in [0.05, 0.1) is 5.69 Å². The van der Waals surface area contributed by atoms with Gasteiger partial charge in [0.2, 0.25) is 0 Å². The Morgan fingerprint density at radius 2 is 2.42 bits per heavy atom. The number of nitrogens with zero attached hydrogens (tertiary/aromatic N) is 2. The average molecular weight is 274 g/mol. The second-order valence-electron chi connectivity index (χ2n) is 4.39. The van der Waals surface area contributed by atoms with E-state index in [0.717, 1.165) is 25.1 Å². The molecule has 1 fully saturated rings. The molecule has 3 rings (SSSR count). The van der Waals surface area contributed by atoms with Crippen LogP contribution in [0.4, 0.5) is 5.13 Å². The van der Waals surface area contributed by atoms with Gasteiger partial charge in [0.1, 0.15) is 5.69 Å². The fourth-order valence-corrected chi connectivity index (χ4v) is 2.68. The van der Waals surface area contributed by atoms with Gasteiger partial charge >= 0.3 is 0 Å². The first-order valence-electron chi connectivity index (χ1n) is 6.24. The van der Waals surface area contributed by atoms with Crippen LogP contribution in [0.2, 0.25) is 0 Å². The number of hydrogen-bond donors (Lipinski definition) is 2. The quantitative estimate of drug-likeness (QED) is 0.900. The van der Waals surface area contributed by atoms with Crippen LogP contribution < -0.4 is 10.6 Å². The van der Waals surface area contributed by atoms with Crippen molar-refractivity contribution in [2.24, 2.45) is 0 Å². The Balaban J connectivity index is 1.76. The van der Waals surface area contributed by atoms with Crippen LogP contribution in [0.5, 0.6) is 0 Å². The third-order valence-corrected chi connectivity index (χ3v) is 3.76. The third kappa shape index (κ3) is 2.80. The van der Waals surface area contributed by atoms with E-state index in [2.05, 4.69) is 20.6 Å². The fourth-order valence-electron chi connectivity index (χ4n) is 2.16. The zero-order valence-electron chi connectivity index (χ0n) is 10.3. The summed E-state index contributed by atoms with van der Waals surface area (Å²) < 4.78 is 0. The molecule has 1 atom stereocenters. The number of nitrogens with one attached hydrogen (secondary N) is 2. The zero-order valence-corrected chi connectivity index (χ0v) is 11.1. The van der Waals surface area contributed by atoms with Gasteiger partial charge < -0.3 is 5.32 Å². The molecule has 2 N–H and O–H groups in total. The van der Waals surface area contributed by atoms with Crippen molar-refractivity contribution in [1.29, 1.82) is 0 Å². The number of carbonyl (C=O) groups is 1. The van der Waals surface area contributed by atoms with Crippen molar-refractivity contribution >= 4 is 22.4 Å². The summed E-state index contributed by atoms with van der Waals surface area (Å²) in [5, 5.41) is 8.54. The first kappa shape index (κ1) is 12.3. The molecule has 0 spiro atoms. The van der Waals surface area contributed by atoms with Crippen molar-refractivity contribution in [2.45, 2.75) is 18.9 Å². The largest absolute Gasteiger partial charge is 0.309 e. The number of aromatic nitrogens is 2.